The Kier molecular flexibility index (Phi) is 6.68. The standard InChI is InChI=1S/C19H23N3O4/c1-4-21(14(2)15-8-7-9-16(12-15)26-3)13-19(23)20-17-10-5-6-11-18(17)22(24)25/h5-12,14H,4,13H2,1-3H3,(H,20,23)/t14-/m0/s1. The number of rotatable bonds is 8. The summed E-state index contributed by atoms with van der Waals surface area (Å²) in [7, 11) is 1.61. The summed E-state index contributed by atoms with van der Waals surface area (Å²) in [5.74, 6) is 0.464. The van der Waals surface area contributed by atoms with Crippen molar-refractivity contribution >= 4 is 17.3 Å². The maximum Gasteiger partial charge on any atom is 0.292 e. The molecule has 26 heavy (non-hydrogen) atoms. The van der Waals surface area contributed by atoms with Crippen LogP contribution in [0.1, 0.15) is 25.5 Å². The SMILES string of the molecule is CCN(CC(=O)Nc1ccccc1[N+](=O)[O-])[C@@H](C)c1cccc(OC)c1. The first kappa shape index (κ1) is 19.4. The lowest BCUT2D eigenvalue weighted by Gasteiger charge is -2.27. The molecule has 0 aliphatic heterocycles. The maximum absolute atomic E-state index is 12.4. The summed E-state index contributed by atoms with van der Waals surface area (Å²) in [5.41, 5.74) is 1.11. The van der Waals surface area contributed by atoms with Crippen molar-refractivity contribution in [3.8, 4) is 5.75 Å². The Hall–Kier alpha value is -2.93. The molecule has 0 unspecified atom stereocenters. The van der Waals surface area contributed by atoms with Crippen LogP contribution < -0.4 is 10.1 Å². The molecule has 1 amide bonds. The maximum atomic E-state index is 12.4. The zero-order valence-corrected chi connectivity index (χ0v) is 15.1. The molecule has 0 fully saturated rings. The average Bonchev–Trinajstić information content (AvgIpc) is 2.65. The van der Waals surface area contributed by atoms with E-state index in [1.807, 2.05) is 43.0 Å². The van der Waals surface area contributed by atoms with Crippen molar-refractivity contribution in [1.29, 1.82) is 0 Å². The predicted molar refractivity (Wildman–Crippen MR) is 100 cm³/mol. The van der Waals surface area contributed by atoms with E-state index in [1.54, 1.807) is 19.2 Å². The van der Waals surface area contributed by atoms with Gasteiger partial charge in [0.1, 0.15) is 11.4 Å². The van der Waals surface area contributed by atoms with Crippen LogP contribution in [0.5, 0.6) is 5.75 Å². The fourth-order valence-corrected chi connectivity index (χ4v) is 2.75. The first-order chi connectivity index (χ1) is 12.5. The van der Waals surface area contributed by atoms with Crippen LogP contribution >= 0.6 is 0 Å². The van der Waals surface area contributed by atoms with Gasteiger partial charge in [0.25, 0.3) is 5.69 Å². The third kappa shape index (κ3) is 4.80. The molecular weight excluding hydrogens is 334 g/mol. The van der Waals surface area contributed by atoms with Crippen LogP contribution in [0.3, 0.4) is 0 Å². The smallest absolute Gasteiger partial charge is 0.292 e. The van der Waals surface area contributed by atoms with Crippen molar-refractivity contribution in [3.63, 3.8) is 0 Å². The van der Waals surface area contributed by atoms with Gasteiger partial charge in [-0.1, -0.05) is 31.2 Å². The summed E-state index contributed by atoms with van der Waals surface area (Å²) < 4.78 is 5.25. The van der Waals surface area contributed by atoms with E-state index in [-0.39, 0.29) is 29.9 Å². The second-order valence-corrected chi connectivity index (χ2v) is 5.84. The normalized spacial score (nSPS) is 11.8. The van der Waals surface area contributed by atoms with Crippen LogP contribution in [-0.4, -0.2) is 35.9 Å². The van der Waals surface area contributed by atoms with E-state index in [1.165, 1.54) is 12.1 Å². The summed E-state index contributed by atoms with van der Waals surface area (Å²) in [6.07, 6.45) is 0. The molecule has 0 radical (unpaired) electrons. The number of benzene rings is 2. The number of likely N-dealkylation sites (N-methyl/N-ethyl adjacent to an activating group) is 1. The molecule has 2 aromatic rings. The highest BCUT2D eigenvalue weighted by molar-refractivity contribution is 5.94. The van der Waals surface area contributed by atoms with Crippen molar-refractivity contribution in [2.24, 2.45) is 0 Å². The van der Waals surface area contributed by atoms with Gasteiger partial charge in [-0.15, -0.1) is 0 Å². The first-order valence-electron chi connectivity index (χ1n) is 8.37. The fraction of sp³-hybridized carbons (Fsp3) is 0.316. The monoisotopic (exact) mass is 357 g/mol. The average molecular weight is 357 g/mol. The van der Waals surface area contributed by atoms with Crippen LogP contribution in [0.2, 0.25) is 0 Å². The van der Waals surface area contributed by atoms with Gasteiger partial charge >= 0.3 is 0 Å². The fourth-order valence-electron chi connectivity index (χ4n) is 2.75. The molecule has 2 rings (SSSR count). The zero-order valence-electron chi connectivity index (χ0n) is 15.1. The predicted octanol–water partition coefficient (Wildman–Crippen LogP) is 3.63. The van der Waals surface area contributed by atoms with E-state index >= 15 is 0 Å². The van der Waals surface area contributed by atoms with Crippen molar-refractivity contribution in [1.82, 2.24) is 4.90 Å². The Balaban J connectivity index is 2.09. The number of carbonyl (C=O) groups excluding carboxylic acids is 1. The Morgan fingerprint density at radius 3 is 2.65 bits per heavy atom. The Bertz CT molecular complexity index is 779. The van der Waals surface area contributed by atoms with E-state index in [4.69, 9.17) is 4.74 Å². The van der Waals surface area contributed by atoms with E-state index in [9.17, 15) is 14.9 Å². The molecule has 7 heteroatoms. The number of ether oxygens (including phenoxy) is 1. The molecule has 138 valence electrons. The number of methoxy groups -OCH3 is 1. The number of anilines is 1. The lowest BCUT2D eigenvalue weighted by Crippen LogP contribution is -2.35. The zero-order chi connectivity index (χ0) is 19.1. The highest BCUT2D eigenvalue weighted by atomic mass is 16.6. The van der Waals surface area contributed by atoms with Crippen LogP contribution in [0.25, 0.3) is 0 Å². The van der Waals surface area contributed by atoms with Gasteiger partial charge in [-0.05, 0) is 37.2 Å². The third-order valence-corrected chi connectivity index (χ3v) is 4.25. The van der Waals surface area contributed by atoms with Gasteiger partial charge in [0.2, 0.25) is 5.91 Å². The Morgan fingerprint density at radius 1 is 1.27 bits per heavy atom. The molecule has 0 spiro atoms. The summed E-state index contributed by atoms with van der Waals surface area (Å²) >= 11 is 0. The summed E-state index contributed by atoms with van der Waals surface area (Å²) in [5, 5.41) is 13.7. The minimum atomic E-state index is -0.508. The second kappa shape index (κ2) is 8.96. The van der Waals surface area contributed by atoms with Gasteiger partial charge in [0.05, 0.1) is 18.6 Å². The molecule has 0 heterocycles. The van der Waals surface area contributed by atoms with E-state index in [2.05, 4.69) is 5.32 Å². The number of hydrogen-bond donors (Lipinski definition) is 1. The molecule has 7 nitrogen and oxygen atoms in total. The highest BCUT2D eigenvalue weighted by Crippen LogP contribution is 2.25. The molecule has 1 atom stereocenters. The lowest BCUT2D eigenvalue weighted by atomic mass is 10.1. The van der Waals surface area contributed by atoms with Crippen molar-refractivity contribution in [2.45, 2.75) is 19.9 Å². The second-order valence-electron chi connectivity index (χ2n) is 5.84. The van der Waals surface area contributed by atoms with Crippen molar-refractivity contribution in [2.75, 3.05) is 25.5 Å². The number of nitrogens with one attached hydrogen (secondary N) is 1. The Morgan fingerprint density at radius 2 is 2.00 bits per heavy atom. The quantitative estimate of drug-likeness (QED) is 0.576. The van der Waals surface area contributed by atoms with E-state index in [0.717, 1.165) is 11.3 Å². The van der Waals surface area contributed by atoms with Crippen LogP contribution in [0.15, 0.2) is 48.5 Å². The van der Waals surface area contributed by atoms with Gasteiger partial charge in [-0.3, -0.25) is 19.8 Å². The van der Waals surface area contributed by atoms with Crippen molar-refractivity contribution < 1.29 is 14.5 Å². The van der Waals surface area contributed by atoms with Gasteiger partial charge in [-0.2, -0.15) is 0 Å². The molecule has 2 aromatic carbocycles. The summed E-state index contributed by atoms with van der Waals surface area (Å²) in [4.78, 5) is 25.0. The first-order valence-corrected chi connectivity index (χ1v) is 8.37. The largest absolute Gasteiger partial charge is 0.497 e. The molecule has 0 aromatic heterocycles. The number of nitro groups is 1. The van der Waals surface area contributed by atoms with Gasteiger partial charge in [-0.25, -0.2) is 0 Å². The minimum absolute atomic E-state index is 0.00777. The molecule has 0 saturated carbocycles. The number of para-hydroxylation sites is 2. The number of amides is 1. The van der Waals surface area contributed by atoms with Gasteiger partial charge in [0, 0.05) is 12.1 Å². The third-order valence-electron chi connectivity index (χ3n) is 4.25. The molecular formula is C19H23N3O4. The van der Waals surface area contributed by atoms with Crippen molar-refractivity contribution in [3.05, 3.63) is 64.2 Å². The summed E-state index contributed by atoms with van der Waals surface area (Å²) in [6.45, 7) is 4.76. The highest BCUT2D eigenvalue weighted by Gasteiger charge is 2.20. The van der Waals surface area contributed by atoms with E-state index < -0.39 is 4.92 Å². The minimum Gasteiger partial charge on any atom is -0.497 e. The molecule has 0 aliphatic rings. The van der Waals surface area contributed by atoms with E-state index in [0.29, 0.717) is 6.54 Å². The number of nitro benzene ring substituents is 1. The molecule has 0 bridgehead atoms. The summed E-state index contributed by atoms with van der Waals surface area (Å²) in [6, 6.07) is 13.8. The number of carbonyl (C=O) groups is 1. The lowest BCUT2D eigenvalue weighted by molar-refractivity contribution is -0.383. The molecule has 1 N–H and O–H groups in total. The molecule has 0 saturated heterocycles. The number of hydrogen-bond acceptors (Lipinski definition) is 5. The van der Waals surface area contributed by atoms with Crippen LogP contribution in [0, 0.1) is 10.1 Å². The van der Waals surface area contributed by atoms with Gasteiger partial charge in [0.15, 0.2) is 0 Å². The molecule has 0 aliphatic carbocycles. The van der Waals surface area contributed by atoms with Crippen LogP contribution in [-0.2, 0) is 4.79 Å². The van der Waals surface area contributed by atoms with Gasteiger partial charge < -0.3 is 10.1 Å². The van der Waals surface area contributed by atoms with Crippen LogP contribution in [0.4, 0.5) is 11.4 Å². The topological polar surface area (TPSA) is 84.7 Å². The Labute approximate surface area is 152 Å². The number of nitrogens with zero attached hydrogens (tertiary/aromatic N) is 2.